The van der Waals surface area contributed by atoms with E-state index >= 15 is 0 Å². The summed E-state index contributed by atoms with van der Waals surface area (Å²) in [6.45, 7) is 3.76. The number of anilines is 2. The smallest absolute Gasteiger partial charge is 0.265 e. The molecule has 0 N–H and O–H groups in total. The van der Waals surface area contributed by atoms with Crippen LogP contribution in [0.1, 0.15) is 41.4 Å². The normalized spacial score (nSPS) is 16.3. The van der Waals surface area contributed by atoms with Crippen LogP contribution in [0.4, 0.5) is 11.4 Å². The fraction of sp³-hybridized carbons (Fsp3) is 0.211. The summed E-state index contributed by atoms with van der Waals surface area (Å²) < 4.78 is 11.4. The lowest BCUT2D eigenvalue weighted by Gasteiger charge is -2.35. The Hall–Kier alpha value is -5.74. The monoisotopic (exact) mass is 640 g/mol. The first-order chi connectivity index (χ1) is 23.4. The summed E-state index contributed by atoms with van der Waals surface area (Å²) >= 11 is 0. The molecule has 240 valence electrons. The number of hydrogen-bond donors (Lipinski definition) is 0. The van der Waals surface area contributed by atoms with Gasteiger partial charge in [-0.25, -0.2) is 4.90 Å². The maximum atomic E-state index is 13.8. The topological polar surface area (TPSA) is 99.7 Å². The highest BCUT2D eigenvalue weighted by molar-refractivity contribution is 6.36. The Bertz CT molecular complexity index is 2130. The van der Waals surface area contributed by atoms with Crippen LogP contribution in [0.5, 0.6) is 11.5 Å². The van der Waals surface area contributed by atoms with Crippen LogP contribution in [0.25, 0.3) is 21.5 Å². The molecule has 0 atom stereocenters. The third-order valence-electron chi connectivity index (χ3n) is 9.58. The number of carbonyl (C=O) groups excluding carboxylic acids is 4. The van der Waals surface area contributed by atoms with E-state index in [0.29, 0.717) is 55.6 Å². The van der Waals surface area contributed by atoms with E-state index in [2.05, 4.69) is 16.8 Å². The van der Waals surface area contributed by atoms with Crippen LogP contribution in [0.15, 0.2) is 84.9 Å². The lowest BCUT2D eigenvalue weighted by Crippen LogP contribution is -2.45. The van der Waals surface area contributed by atoms with Gasteiger partial charge in [0.05, 0.1) is 19.3 Å². The Kier molecular flexibility index (Phi) is 7.10. The third kappa shape index (κ3) is 4.59. The van der Waals surface area contributed by atoms with E-state index in [1.54, 1.807) is 61.7 Å². The van der Waals surface area contributed by atoms with E-state index in [1.807, 2.05) is 30.3 Å². The number of piperazine rings is 1. The van der Waals surface area contributed by atoms with Crippen molar-refractivity contribution in [2.45, 2.75) is 0 Å². The second kappa shape index (κ2) is 11.5. The molecule has 10 heteroatoms. The molecule has 0 spiro atoms. The molecule has 0 radical (unpaired) electrons. The van der Waals surface area contributed by atoms with Gasteiger partial charge in [-0.2, -0.15) is 0 Å². The lowest BCUT2D eigenvalue weighted by atomic mass is 9.92. The maximum Gasteiger partial charge on any atom is 0.265 e. The highest BCUT2D eigenvalue weighted by Crippen LogP contribution is 2.39. The van der Waals surface area contributed by atoms with Crippen LogP contribution in [-0.2, 0) is 0 Å². The molecule has 48 heavy (non-hydrogen) atoms. The zero-order chi connectivity index (χ0) is 33.1. The molecular weight excluding hydrogens is 608 g/mol. The number of nitrogens with zero attached hydrogens (tertiary/aromatic N) is 4. The minimum atomic E-state index is -0.390. The van der Waals surface area contributed by atoms with Gasteiger partial charge in [-0.05, 0) is 67.7 Å². The largest absolute Gasteiger partial charge is 0.496 e. The average molecular weight is 641 g/mol. The van der Waals surface area contributed by atoms with Gasteiger partial charge in [0, 0.05) is 75.7 Å². The van der Waals surface area contributed by atoms with Crippen molar-refractivity contribution in [3.05, 3.63) is 107 Å². The Balaban J connectivity index is 0.984. The number of rotatable bonds is 7. The van der Waals surface area contributed by atoms with Crippen molar-refractivity contribution in [3.63, 3.8) is 0 Å². The van der Waals surface area contributed by atoms with Crippen molar-refractivity contribution in [2.24, 2.45) is 0 Å². The third-order valence-corrected chi connectivity index (χ3v) is 9.58. The van der Waals surface area contributed by atoms with E-state index in [9.17, 15) is 19.2 Å². The summed E-state index contributed by atoms with van der Waals surface area (Å²) in [5.41, 5.74) is 3.32. The second-order valence-corrected chi connectivity index (χ2v) is 12.2. The van der Waals surface area contributed by atoms with Gasteiger partial charge in [0.2, 0.25) is 0 Å². The van der Waals surface area contributed by atoms with Crippen molar-refractivity contribution in [1.29, 1.82) is 0 Å². The molecule has 8 rings (SSSR count). The van der Waals surface area contributed by atoms with Gasteiger partial charge in [0.1, 0.15) is 18.1 Å². The molecular formula is C38H32N4O6. The summed E-state index contributed by atoms with van der Waals surface area (Å²) in [7, 11) is 3.66. The fourth-order valence-electron chi connectivity index (χ4n) is 7.09. The Morgan fingerprint density at radius 1 is 0.625 bits per heavy atom. The van der Waals surface area contributed by atoms with Crippen LogP contribution < -0.4 is 19.3 Å². The molecule has 5 aromatic rings. The molecule has 3 heterocycles. The molecule has 0 unspecified atom stereocenters. The summed E-state index contributed by atoms with van der Waals surface area (Å²) in [5.74, 6) is -0.466. The minimum absolute atomic E-state index is 0.0429. The van der Waals surface area contributed by atoms with Gasteiger partial charge >= 0.3 is 0 Å². The average Bonchev–Trinajstić information content (AvgIpc) is 3.11. The maximum absolute atomic E-state index is 13.8. The molecule has 1 fully saturated rings. The molecule has 0 bridgehead atoms. The fourth-order valence-corrected chi connectivity index (χ4v) is 7.09. The predicted octanol–water partition coefficient (Wildman–Crippen LogP) is 5.23. The number of likely N-dealkylation sites (N-methyl/N-ethyl adjacent to an activating group) is 1. The molecule has 0 saturated carbocycles. The Morgan fingerprint density at radius 3 is 1.90 bits per heavy atom. The number of imide groups is 2. The molecule has 3 aliphatic rings. The van der Waals surface area contributed by atoms with Crippen LogP contribution in [0.2, 0.25) is 0 Å². The van der Waals surface area contributed by atoms with Gasteiger partial charge in [-0.15, -0.1) is 0 Å². The highest BCUT2D eigenvalue weighted by Gasteiger charge is 2.36. The summed E-state index contributed by atoms with van der Waals surface area (Å²) in [5, 5.41) is 2.91. The van der Waals surface area contributed by atoms with Gasteiger partial charge in [0.25, 0.3) is 23.6 Å². The standard InChI is InChI=1S/C38H32N4O6/c1-39-17-19-40(20-18-39)31-15-13-30-33-25(31)5-3-8-28(33)37(45)42(38(30)46)23-9-11-24(12-10-23)48-22-21-41-35(43)27-7-4-6-26-32(47-2)16-14-29(34(26)27)36(41)44/h3-16H,17-22H2,1-2H3. The first-order valence-electron chi connectivity index (χ1n) is 15.9. The van der Waals surface area contributed by atoms with Gasteiger partial charge in [-0.1, -0.05) is 24.3 Å². The van der Waals surface area contributed by atoms with Gasteiger partial charge in [-0.3, -0.25) is 24.1 Å². The molecule has 0 aliphatic carbocycles. The van der Waals surface area contributed by atoms with Gasteiger partial charge in [0.15, 0.2) is 0 Å². The second-order valence-electron chi connectivity index (χ2n) is 12.2. The van der Waals surface area contributed by atoms with Crippen molar-refractivity contribution in [1.82, 2.24) is 9.80 Å². The molecule has 1 saturated heterocycles. The molecule has 5 aromatic carbocycles. The highest BCUT2D eigenvalue weighted by atomic mass is 16.5. The van der Waals surface area contributed by atoms with E-state index < -0.39 is 11.8 Å². The number of amides is 4. The number of carbonyl (C=O) groups is 4. The lowest BCUT2D eigenvalue weighted by molar-refractivity contribution is 0.0587. The first-order valence-corrected chi connectivity index (χ1v) is 15.9. The number of hydrogen-bond acceptors (Lipinski definition) is 8. The Labute approximate surface area is 276 Å². The summed E-state index contributed by atoms with van der Waals surface area (Å²) in [6.07, 6.45) is 0. The number of benzene rings is 5. The van der Waals surface area contributed by atoms with Crippen molar-refractivity contribution >= 4 is 56.5 Å². The van der Waals surface area contributed by atoms with E-state index in [4.69, 9.17) is 9.47 Å². The first kappa shape index (κ1) is 29.6. The molecule has 3 aliphatic heterocycles. The molecule has 10 nitrogen and oxygen atoms in total. The zero-order valence-corrected chi connectivity index (χ0v) is 26.6. The van der Waals surface area contributed by atoms with E-state index in [0.717, 1.165) is 37.3 Å². The minimum Gasteiger partial charge on any atom is -0.496 e. The van der Waals surface area contributed by atoms with Crippen LogP contribution in [0, 0.1) is 0 Å². The zero-order valence-electron chi connectivity index (χ0n) is 26.6. The quantitative estimate of drug-likeness (QED) is 0.223. The number of methoxy groups -OCH3 is 1. The summed E-state index contributed by atoms with van der Waals surface area (Å²) in [4.78, 5) is 61.3. The van der Waals surface area contributed by atoms with Crippen molar-refractivity contribution in [3.8, 4) is 11.5 Å². The van der Waals surface area contributed by atoms with Crippen LogP contribution >= 0.6 is 0 Å². The van der Waals surface area contributed by atoms with Crippen molar-refractivity contribution < 1.29 is 28.7 Å². The van der Waals surface area contributed by atoms with Gasteiger partial charge < -0.3 is 19.3 Å². The molecule has 4 amide bonds. The van der Waals surface area contributed by atoms with Crippen LogP contribution in [-0.4, -0.2) is 86.9 Å². The molecule has 0 aromatic heterocycles. The number of ether oxygens (including phenoxy) is 2. The predicted molar refractivity (Wildman–Crippen MR) is 183 cm³/mol. The van der Waals surface area contributed by atoms with Crippen molar-refractivity contribution in [2.75, 3.05) is 63.3 Å². The van der Waals surface area contributed by atoms with E-state index in [1.165, 1.54) is 9.80 Å². The van der Waals surface area contributed by atoms with E-state index in [-0.39, 0.29) is 25.0 Å². The van der Waals surface area contributed by atoms with Crippen LogP contribution in [0.3, 0.4) is 0 Å². The summed E-state index contributed by atoms with van der Waals surface area (Å²) in [6, 6.07) is 24.9. The Morgan fingerprint density at radius 2 is 1.21 bits per heavy atom. The SMILES string of the molecule is COc1ccc2c3c(cccc13)C(=O)N(CCOc1ccc(N3C(=O)c4cccc5c(N6CCN(C)CC6)ccc(c45)C3=O)cc1)C2=O.